The molecule has 3 heterocycles. The quantitative estimate of drug-likeness (QED) is 0.597. The third-order valence-corrected chi connectivity index (χ3v) is 6.20. The van der Waals surface area contributed by atoms with Gasteiger partial charge in [-0.25, -0.2) is 14.2 Å². The highest BCUT2D eigenvalue weighted by molar-refractivity contribution is 7.12. The van der Waals surface area contributed by atoms with Crippen molar-refractivity contribution in [2.45, 2.75) is 25.7 Å². The van der Waals surface area contributed by atoms with Gasteiger partial charge in [-0.05, 0) is 47.9 Å². The number of alkyl halides is 3. The highest BCUT2D eigenvalue weighted by atomic mass is 32.1. The predicted molar refractivity (Wildman–Crippen MR) is 112 cm³/mol. The predicted octanol–water partition coefficient (Wildman–Crippen LogP) is 3.48. The van der Waals surface area contributed by atoms with Crippen molar-refractivity contribution < 1.29 is 22.7 Å². The summed E-state index contributed by atoms with van der Waals surface area (Å²) in [5.41, 5.74) is 1.44. The van der Waals surface area contributed by atoms with Gasteiger partial charge in [-0.3, -0.25) is 4.57 Å². The van der Waals surface area contributed by atoms with Gasteiger partial charge in [0.1, 0.15) is 17.0 Å². The van der Waals surface area contributed by atoms with Crippen LogP contribution in [-0.2, 0) is 12.7 Å². The summed E-state index contributed by atoms with van der Waals surface area (Å²) in [6.07, 6.45) is -2.32. The van der Waals surface area contributed by atoms with E-state index in [1.807, 2.05) is 0 Å². The Hall–Kier alpha value is -3.05. The number of aryl methyl sites for hydroxylation is 1. The second-order valence-electron chi connectivity index (χ2n) is 7.37. The molecule has 0 bridgehead atoms. The van der Waals surface area contributed by atoms with E-state index in [0.29, 0.717) is 33.9 Å². The van der Waals surface area contributed by atoms with Crippen LogP contribution in [0, 0.1) is 12.7 Å². The first-order valence-electron chi connectivity index (χ1n) is 9.61. The minimum Gasteiger partial charge on any atom is -0.387 e. The number of β-amino-alcohol motifs (C(OH)–C–C–N with tert-alkyl or cyclic N) is 1. The Morgan fingerprint density at radius 3 is 2.66 bits per heavy atom. The van der Waals surface area contributed by atoms with E-state index >= 15 is 0 Å². The molecule has 1 aliphatic rings. The molecule has 0 fully saturated rings. The highest BCUT2D eigenvalue weighted by Crippen LogP contribution is 2.34. The molecule has 0 saturated carbocycles. The van der Waals surface area contributed by atoms with E-state index in [9.17, 15) is 27.5 Å². The molecule has 0 spiro atoms. The highest BCUT2D eigenvalue weighted by Gasteiger charge is 2.32. The third kappa shape index (κ3) is 4.58. The van der Waals surface area contributed by atoms with Crippen molar-refractivity contribution in [3.05, 3.63) is 79.9 Å². The van der Waals surface area contributed by atoms with Crippen LogP contribution in [0.15, 0.2) is 47.5 Å². The molecule has 6 nitrogen and oxygen atoms in total. The van der Waals surface area contributed by atoms with E-state index < -0.39 is 22.8 Å². The van der Waals surface area contributed by atoms with Crippen molar-refractivity contribution in [2.75, 3.05) is 18.0 Å². The molecular weight excluding hydrogens is 448 g/mol. The Kier molecular flexibility index (Phi) is 5.87. The van der Waals surface area contributed by atoms with Crippen LogP contribution in [0.2, 0.25) is 0 Å². The van der Waals surface area contributed by atoms with Crippen molar-refractivity contribution in [1.82, 2.24) is 14.5 Å². The maximum Gasteiger partial charge on any atom is 0.425 e. The second kappa shape index (κ2) is 8.47. The van der Waals surface area contributed by atoms with Crippen LogP contribution in [0.5, 0.6) is 0 Å². The Balaban J connectivity index is 1.50. The maximum absolute atomic E-state index is 13.4. The molecule has 3 aromatic rings. The Bertz CT molecular complexity index is 1240. The molecule has 168 valence electrons. The Morgan fingerprint density at radius 2 is 2.03 bits per heavy atom. The number of halogens is 4. The number of hydrogen-bond donors (Lipinski definition) is 1. The summed E-state index contributed by atoms with van der Waals surface area (Å²) < 4.78 is 52.8. The van der Waals surface area contributed by atoms with Crippen LogP contribution in [0.4, 0.5) is 23.5 Å². The van der Waals surface area contributed by atoms with Gasteiger partial charge >= 0.3 is 11.9 Å². The van der Waals surface area contributed by atoms with Crippen molar-refractivity contribution in [3.63, 3.8) is 0 Å². The average molecular weight is 466 g/mol. The Morgan fingerprint density at radius 1 is 1.25 bits per heavy atom. The molecule has 0 amide bonds. The summed E-state index contributed by atoms with van der Waals surface area (Å²) in [6, 6.07) is 6.63. The fourth-order valence-electron chi connectivity index (χ4n) is 3.52. The van der Waals surface area contributed by atoms with Gasteiger partial charge in [-0.15, -0.1) is 11.3 Å². The van der Waals surface area contributed by atoms with E-state index in [2.05, 4.69) is 9.97 Å². The average Bonchev–Trinajstić information content (AvgIpc) is 3.19. The minimum absolute atomic E-state index is 0.0730. The number of aliphatic hydroxyl groups excluding tert-OH is 1. The zero-order chi connectivity index (χ0) is 23.0. The lowest BCUT2D eigenvalue weighted by molar-refractivity contribution is -0.134. The number of aromatic nitrogens is 3. The first kappa shape index (κ1) is 22.2. The monoisotopic (exact) mass is 466 g/mol. The largest absolute Gasteiger partial charge is 0.425 e. The maximum atomic E-state index is 13.4. The number of nitrogens with zero attached hydrogens (tertiary/aromatic N) is 4. The SMILES string of the molecule is Cc1cc(F)ccc1C1=CCN(c2ncn(Cc3ccc(C(F)(F)F)s3)c(=O)n2)C[C@@H]1O. The van der Waals surface area contributed by atoms with Crippen molar-refractivity contribution >= 4 is 22.9 Å². The number of benzene rings is 1. The van der Waals surface area contributed by atoms with Crippen molar-refractivity contribution in [2.24, 2.45) is 0 Å². The molecule has 0 aliphatic carbocycles. The fraction of sp³-hybridized carbons (Fsp3) is 0.286. The van der Waals surface area contributed by atoms with Crippen LogP contribution < -0.4 is 10.6 Å². The van der Waals surface area contributed by atoms with E-state index in [0.717, 1.165) is 16.2 Å². The van der Waals surface area contributed by atoms with Gasteiger partial charge in [-0.1, -0.05) is 12.1 Å². The number of thiophene rings is 1. The standard InChI is InChI=1S/C21H18F4N4O2S/c1-12-8-13(22)2-4-15(12)16-6-7-28(10-17(16)30)19-26-11-29(20(31)27-19)9-14-3-5-18(32-14)21(23,24)25/h2-6,8,11,17,30H,7,9-10H2,1H3/t17-/m0/s1. The zero-order valence-electron chi connectivity index (χ0n) is 16.8. The van der Waals surface area contributed by atoms with E-state index in [4.69, 9.17) is 0 Å². The molecule has 32 heavy (non-hydrogen) atoms. The van der Waals surface area contributed by atoms with Gasteiger partial charge in [-0.2, -0.15) is 18.2 Å². The smallest absolute Gasteiger partial charge is 0.387 e. The van der Waals surface area contributed by atoms with Gasteiger partial charge in [0.15, 0.2) is 0 Å². The van der Waals surface area contributed by atoms with Crippen LogP contribution in [0.25, 0.3) is 5.57 Å². The van der Waals surface area contributed by atoms with Crippen LogP contribution in [-0.4, -0.2) is 38.8 Å². The van der Waals surface area contributed by atoms with Gasteiger partial charge < -0.3 is 10.0 Å². The van der Waals surface area contributed by atoms with Crippen molar-refractivity contribution in [1.29, 1.82) is 0 Å². The summed E-state index contributed by atoms with van der Waals surface area (Å²) in [4.78, 5) is 21.7. The molecule has 1 aromatic carbocycles. The van der Waals surface area contributed by atoms with Gasteiger partial charge in [0.2, 0.25) is 5.95 Å². The molecule has 4 rings (SSSR count). The lowest BCUT2D eigenvalue weighted by Gasteiger charge is -2.30. The molecule has 2 aromatic heterocycles. The second-order valence-corrected chi connectivity index (χ2v) is 8.54. The zero-order valence-corrected chi connectivity index (χ0v) is 17.6. The summed E-state index contributed by atoms with van der Waals surface area (Å²) in [7, 11) is 0. The molecule has 0 saturated heterocycles. The summed E-state index contributed by atoms with van der Waals surface area (Å²) in [5, 5.41) is 10.6. The molecule has 1 atom stereocenters. The molecule has 0 unspecified atom stereocenters. The number of hydrogen-bond acceptors (Lipinski definition) is 6. The van der Waals surface area contributed by atoms with Gasteiger partial charge in [0, 0.05) is 11.4 Å². The summed E-state index contributed by atoms with van der Waals surface area (Å²) in [5.74, 6) is -0.247. The normalized spacial score (nSPS) is 16.9. The van der Waals surface area contributed by atoms with E-state index in [1.54, 1.807) is 24.0 Å². The van der Waals surface area contributed by atoms with Crippen LogP contribution >= 0.6 is 11.3 Å². The number of aliphatic hydroxyl groups is 1. The lowest BCUT2D eigenvalue weighted by atomic mass is 9.93. The first-order valence-corrected chi connectivity index (χ1v) is 10.4. The summed E-state index contributed by atoms with van der Waals surface area (Å²) >= 11 is 0.561. The lowest BCUT2D eigenvalue weighted by Crippen LogP contribution is -2.40. The van der Waals surface area contributed by atoms with Crippen molar-refractivity contribution in [3.8, 4) is 0 Å². The van der Waals surface area contributed by atoms with Crippen LogP contribution in [0.3, 0.4) is 0 Å². The molecule has 1 aliphatic heterocycles. The van der Waals surface area contributed by atoms with Crippen LogP contribution in [0.1, 0.15) is 20.9 Å². The minimum atomic E-state index is -4.43. The fourth-order valence-corrected chi connectivity index (χ4v) is 4.40. The molecule has 11 heteroatoms. The first-order chi connectivity index (χ1) is 15.1. The topological polar surface area (TPSA) is 71.2 Å². The Labute approximate surface area is 184 Å². The van der Waals surface area contributed by atoms with E-state index in [-0.39, 0.29) is 24.9 Å². The molecule has 0 radical (unpaired) electrons. The molecule has 1 N–H and O–H groups in total. The third-order valence-electron chi connectivity index (χ3n) is 5.09. The number of rotatable bonds is 4. The summed E-state index contributed by atoms with van der Waals surface area (Å²) in [6.45, 7) is 2.14. The van der Waals surface area contributed by atoms with Gasteiger partial charge in [0.25, 0.3) is 0 Å². The van der Waals surface area contributed by atoms with Gasteiger partial charge in [0.05, 0.1) is 19.2 Å². The molecular formula is C21H18F4N4O2S. The van der Waals surface area contributed by atoms with E-state index in [1.165, 1.54) is 24.5 Å². The number of anilines is 1.